The lowest BCUT2D eigenvalue weighted by Crippen LogP contribution is -2.32. The van der Waals surface area contributed by atoms with E-state index in [9.17, 15) is 4.79 Å². The van der Waals surface area contributed by atoms with Crippen LogP contribution in [0.2, 0.25) is 0 Å². The lowest BCUT2D eigenvalue weighted by molar-refractivity contribution is -0.125. The molecule has 1 N–H and O–H groups in total. The number of nitrogens with one attached hydrogen (secondary N) is 1. The van der Waals surface area contributed by atoms with Crippen molar-refractivity contribution in [2.24, 2.45) is 17.8 Å². The molecule has 0 radical (unpaired) electrons. The molecule has 2 aliphatic carbocycles. The van der Waals surface area contributed by atoms with Gasteiger partial charge in [-0.15, -0.1) is 11.3 Å². The number of carbonyl (C=O) groups is 1. The van der Waals surface area contributed by atoms with Crippen molar-refractivity contribution in [3.8, 4) is 10.8 Å². The van der Waals surface area contributed by atoms with Gasteiger partial charge in [0, 0.05) is 5.92 Å². The molecule has 0 aromatic carbocycles. The number of hydrogen-bond donors (Lipinski definition) is 1. The Labute approximate surface area is 126 Å². The topological polar surface area (TPSA) is 55.1 Å². The van der Waals surface area contributed by atoms with E-state index in [0.717, 1.165) is 23.4 Å². The standard InChI is InChI=1S/C16H16N2O2S/c19-15(13-7-10-3-4-11(13)6-10)17-8-12-9-20-16(18-12)14-2-1-5-21-14/h1-5,9-11,13H,6-8H2,(H,17,19)/t10-,11-,13-/m0/s1. The van der Waals surface area contributed by atoms with Crippen LogP contribution in [0.15, 0.2) is 40.3 Å². The van der Waals surface area contributed by atoms with Gasteiger partial charge in [-0.1, -0.05) is 18.2 Å². The summed E-state index contributed by atoms with van der Waals surface area (Å²) in [6, 6.07) is 3.94. The van der Waals surface area contributed by atoms with E-state index in [-0.39, 0.29) is 11.8 Å². The number of oxazole rings is 1. The van der Waals surface area contributed by atoms with Gasteiger partial charge in [-0.2, -0.15) is 0 Å². The molecule has 5 heteroatoms. The van der Waals surface area contributed by atoms with Gasteiger partial charge in [-0.3, -0.25) is 4.79 Å². The van der Waals surface area contributed by atoms with Crippen LogP contribution in [-0.2, 0) is 11.3 Å². The van der Waals surface area contributed by atoms with E-state index in [1.54, 1.807) is 17.6 Å². The third-order valence-corrected chi connectivity index (χ3v) is 5.20. The summed E-state index contributed by atoms with van der Waals surface area (Å²) in [7, 11) is 0. The molecule has 108 valence electrons. The van der Waals surface area contributed by atoms with Gasteiger partial charge in [-0.25, -0.2) is 4.98 Å². The first-order valence-electron chi connectivity index (χ1n) is 7.24. The molecule has 0 unspecified atom stereocenters. The molecule has 3 atom stereocenters. The van der Waals surface area contributed by atoms with Crippen LogP contribution in [0.5, 0.6) is 0 Å². The predicted molar refractivity (Wildman–Crippen MR) is 80.5 cm³/mol. The molecule has 2 aromatic heterocycles. The zero-order valence-electron chi connectivity index (χ0n) is 11.5. The highest BCUT2D eigenvalue weighted by Gasteiger charge is 2.39. The number of carbonyl (C=O) groups excluding carboxylic acids is 1. The summed E-state index contributed by atoms with van der Waals surface area (Å²) in [6.07, 6.45) is 8.20. The normalized spacial score (nSPS) is 26.4. The van der Waals surface area contributed by atoms with Crippen molar-refractivity contribution in [3.63, 3.8) is 0 Å². The van der Waals surface area contributed by atoms with E-state index in [1.165, 1.54) is 0 Å². The summed E-state index contributed by atoms with van der Waals surface area (Å²) in [5.74, 6) is 1.96. The van der Waals surface area contributed by atoms with Crippen molar-refractivity contribution in [2.45, 2.75) is 19.4 Å². The fourth-order valence-corrected chi connectivity index (χ4v) is 3.95. The summed E-state index contributed by atoms with van der Waals surface area (Å²) in [6.45, 7) is 0.436. The number of nitrogens with zero attached hydrogens (tertiary/aromatic N) is 1. The average molecular weight is 300 g/mol. The highest BCUT2D eigenvalue weighted by atomic mass is 32.1. The Hall–Kier alpha value is -1.88. The van der Waals surface area contributed by atoms with Crippen LogP contribution in [0.1, 0.15) is 18.5 Å². The van der Waals surface area contributed by atoms with E-state index in [1.807, 2.05) is 17.5 Å². The Kier molecular flexibility index (Phi) is 3.15. The minimum Gasteiger partial charge on any atom is -0.443 e. The molecule has 2 heterocycles. The molecule has 4 nitrogen and oxygen atoms in total. The molecule has 2 bridgehead atoms. The summed E-state index contributed by atoms with van der Waals surface area (Å²) in [4.78, 5) is 17.7. The van der Waals surface area contributed by atoms with Crippen molar-refractivity contribution in [1.29, 1.82) is 0 Å². The number of rotatable bonds is 4. The van der Waals surface area contributed by atoms with Crippen LogP contribution >= 0.6 is 11.3 Å². The highest BCUT2D eigenvalue weighted by Crippen LogP contribution is 2.43. The molecule has 4 rings (SSSR count). The molecular formula is C16H16N2O2S. The second-order valence-electron chi connectivity index (χ2n) is 5.73. The van der Waals surface area contributed by atoms with Crippen molar-refractivity contribution in [3.05, 3.63) is 41.6 Å². The number of hydrogen-bond acceptors (Lipinski definition) is 4. The minimum atomic E-state index is 0.142. The maximum atomic E-state index is 12.2. The zero-order valence-corrected chi connectivity index (χ0v) is 12.3. The number of amides is 1. The van der Waals surface area contributed by atoms with Gasteiger partial charge in [0.25, 0.3) is 0 Å². The quantitative estimate of drug-likeness (QED) is 0.882. The zero-order chi connectivity index (χ0) is 14.2. The molecule has 0 spiro atoms. The minimum absolute atomic E-state index is 0.142. The number of allylic oxidation sites excluding steroid dienone is 2. The fourth-order valence-electron chi connectivity index (χ4n) is 3.29. The van der Waals surface area contributed by atoms with E-state index >= 15 is 0 Å². The summed E-state index contributed by atoms with van der Waals surface area (Å²) < 4.78 is 5.45. The number of fused-ring (bicyclic) bond motifs is 2. The van der Waals surface area contributed by atoms with E-state index in [2.05, 4.69) is 22.5 Å². The summed E-state index contributed by atoms with van der Waals surface area (Å²) in [5, 5.41) is 4.98. The maximum Gasteiger partial charge on any atom is 0.236 e. The van der Waals surface area contributed by atoms with Gasteiger partial charge in [0.15, 0.2) is 0 Å². The largest absolute Gasteiger partial charge is 0.443 e. The van der Waals surface area contributed by atoms with Crippen LogP contribution in [0.4, 0.5) is 0 Å². The van der Waals surface area contributed by atoms with Crippen molar-refractivity contribution >= 4 is 17.2 Å². The lowest BCUT2D eigenvalue weighted by atomic mass is 9.93. The van der Waals surface area contributed by atoms with E-state index in [0.29, 0.717) is 24.3 Å². The van der Waals surface area contributed by atoms with Crippen LogP contribution < -0.4 is 5.32 Å². The molecule has 1 saturated carbocycles. The molecule has 1 amide bonds. The first-order valence-corrected chi connectivity index (χ1v) is 8.12. The van der Waals surface area contributed by atoms with Crippen LogP contribution in [-0.4, -0.2) is 10.9 Å². The maximum absolute atomic E-state index is 12.2. The Bertz CT molecular complexity index is 674. The Morgan fingerprint density at radius 1 is 1.43 bits per heavy atom. The van der Waals surface area contributed by atoms with E-state index < -0.39 is 0 Å². The molecule has 21 heavy (non-hydrogen) atoms. The smallest absolute Gasteiger partial charge is 0.236 e. The van der Waals surface area contributed by atoms with Crippen molar-refractivity contribution < 1.29 is 9.21 Å². The first-order chi connectivity index (χ1) is 10.3. The monoisotopic (exact) mass is 300 g/mol. The SMILES string of the molecule is O=C(NCc1coc(-c2cccs2)n1)[C@H]1C[C@H]2C=C[C@H]1C2. The first kappa shape index (κ1) is 12.8. The van der Waals surface area contributed by atoms with Gasteiger partial charge >= 0.3 is 0 Å². The third kappa shape index (κ3) is 2.42. The molecule has 0 aliphatic heterocycles. The second kappa shape index (κ2) is 5.15. The van der Waals surface area contributed by atoms with Crippen LogP contribution in [0, 0.1) is 17.8 Å². The fraction of sp³-hybridized carbons (Fsp3) is 0.375. The van der Waals surface area contributed by atoms with Crippen LogP contribution in [0.25, 0.3) is 10.8 Å². The van der Waals surface area contributed by atoms with Crippen molar-refractivity contribution in [2.75, 3.05) is 0 Å². The molecule has 0 saturated heterocycles. The molecule has 2 aromatic rings. The summed E-state index contributed by atoms with van der Waals surface area (Å²) in [5.41, 5.74) is 0.769. The Morgan fingerprint density at radius 2 is 2.38 bits per heavy atom. The predicted octanol–water partition coefficient (Wildman–Crippen LogP) is 3.23. The van der Waals surface area contributed by atoms with Gasteiger partial charge in [0.05, 0.1) is 17.1 Å². The molecule has 1 fully saturated rings. The Morgan fingerprint density at radius 3 is 3.10 bits per heavy atom. The average Bonchev–Trinajstić information content (AvgIpc) is 3.28. The van der Waals surface area contributed by atoms with Gasteiger partial charge in [0.1, 0.15) is 6.26 Å². The summed E-state index contributed by atoms with van der Waals surface area (Å²) >= 11 is 1.59. The third-order valence-electron chi connectivity index (χ3n) is 4.34. The van der Waals surface area contributed by atoms with E-state index in [4.69, 9.17) is 4.42 Å². The Balaban J connectivity index is 1.37. The lowest BCUT2D eigenvalue weighted by Gasteiger charge is -2.16. The van der Waals surface area contributed by atoms with Gasteiger partial charge in [-0.05, 0) is 36.1 Å². The van der Waals surface area contributed by atoms with Crippen molar-refractivity contribution in [1.82, 2.24) is 10.3 Å². The highest BCUT2D eigenvalue weighted by molar-refractivity contribution is 7.13. The number of aromatic nitrogens is 1. The molecule has 2 aliphatic rings. The number of thiophene rings is 1. The second-order valence-corrected chi connectivity index (χ2v) is 6.67. The molecular weight excluding hydrogens is 284 g/mol. The van der Waals surface area contributed by atoms with Gasteiger partial charge < -0.3 is 9.73 Å². The van der Waals surface area contributed by atoms with Crippen LogP contribution in [0.3, 0.4) is 0 Å². The van der Waals surface area contributed by atoms with Gasteiger partial charge in [0.2, 0.25) is 11.8 Å².